The Labute approximate surface area is 129 Å². The molecule has 108 valence electrons. The number of rotatable bonds is 5. The van der Waals surface area contributed by atoms with E-state index in [1.165, 1.54) is 0 Å². The Morgan fingerprint density at radius 3 is 2.71 bits per heavy atom. The zero-order chi connectivity index (χ0) is 15.2. The lowest BCUT2D eigenvalue weighted by atomic mass is 10.2. The first kappa shape index (κ1) is 15.0. The second kappa shape index (κ2) is 6.85. The van der Waals surface area contributed by atoms with Crippen LogP contribution in [0.3, 0.4) is 0 Å². The number of hydrogen-bond donors (Lipinski definition) is 2. The fourth-order valence-corrected chi connectivity index (χ4v) is 1.89. The SMILES string of the molecule is NC(=O)COc1cccc(NC(=O)c2cccc(Br)n2)c1. The van der Waals surface area contributed by atoms with Gasteiger partial charge in [0.2, 0.25) is 0 Å². The van der Waals surface area contributed by atoms with Gasteiger partial charge >= 0.3 is 0 Å². The predicted molar refractivity (Wildman–Crippen MR) is 81.0 cm³/mol. The molecule has 2 amide bonds. The van der Waals surface area contributed by atoms with Crippen molar-refractivity contribution in [2.45, 2.75) is 0 Å². The topological polar surface area (TPSA) is 94.3 Å². The van der Waals surface area contributed by atoms with E-state index in [0.717, 1.165) is 0 Å². The number of primary amides is 1. The molecule has 0 aliphatic heterocycles. The van der Waals surface area contributed by atoms with Gasteiger partial charge in [0.15, 0.2) is 6.61 Å². The smallest absolute Gasteiger partial charge is 0.274 e. The summed E-state index contributed by atoms with van der Waals surface area (Å²) in [6.07, 6.45) is 0. The third kappa shape index (κ3) is 4.57. The van der Waals surface area contributed by atoms with Gasteiger partial charge in [-0.1, -0.05) is 12.1 Å². The van der Waals surface area contributed by atoms with Gasteiger partial charge in [-0.15, -0.1) is 0 Å². The van der Waals surface area contributed by atoms with E-state index in [9.17, 15) is 9.59 Å². The fourth-order valence-electron chi connectivity index (χ4n) is 1.55. The minimum atomic E-state index is -0.567. The third-order valence-electron chi connectivity index (χ3n) is 2.42. The summed E-state index contributed by atoms with van der Waals surface area (Å²) in [6.45, 7) is -0.218. The van der Waals surface area contributed by atoms with Crippen LogP contribution in [0.4, 0.5) is 5.69 Å². The highest BCUT2D eigenvalue weighted by Gasteiger charge is 2.08. The van der Waals surface area contributed by atoms with Gasteiger partial charge in [0.05, 0.1) is 0 Å². The van der Waals surface area contributed by atoms with E-state index in [2.05, 4.69) is 26.2 Å². The number of halogens is 1. The van der Waals surface area contributed by atoms with Crippen molar-refractivity contribution in [3.05, 3.63) is 52.8 Å². The molecular weight excluding hydrogens is 338 g/mol. The van der Waals surface area contributed by atoms with Gasteiger partial charge in [-0.05, 0) is 40.2 Å². The van der Waals surface area contributed by atoms with Crippen LogP contribution < -0.4 is 15.8 Å². The molecule has 0 aliphatic rings. The van der Waals surface area contributed by atoms with Crippen LogP contribution in [0, 0.1) is 0 Å². The zero-order valence-electron chi connectivity index (χ0n) is 10.9. The summed E-state index contributed by atoms with van der Waals surface area (Å²) in [6, 6.07) is 11.7. The number of pyridine rings is 1. The Morgan fingerprint density at radius 2 is 2.00 bits per heavy atom. The largest absolute Gasteiger partial charge is 0.484 e. The molecule has 0 aliphatic carbocycles. The first-order valence-corrected chi connectivity index (χ1v) is 6.79. The van der Waals surface area contributed by atoms with Gasteiger partial charge in [0.1, 0.15) is 16.0 Å². The van der Waals surface area contributed by atoms with Crippen molar-refractivity contribution in [1.29, 1.82) is 0 Å². The van der Waals surface area contributed by atoms with Gasteiger partial charge in [-0.3, -0.25) is 9.59 Å². The van der Waals surface area contributed by atoms with Crippen LogP contribution >= 0.6 is 15.9 Å². The van der Waals surface area contributed by atoms with Crippen molar-refractivity contribution in [1.82, 2.24) is 4.98 Å². The highest BCUT2D eigenvalue weighted by Crippen LogP contribution is 2.18. The molecule has 2 aromatic rings. The number of benzene rings is 1. The van der Waals surface area contributed by atoms with Crippen molar-refractivity contribution in [3.63, 3.8) is 0 Å². The minimum absolute atomic E-state index is 0.218. The number of nitrogens with two attached hydrogens (primary N) is 1. The number of anilines is 1. The number of hydrogen-bond acceptors (Lipinski definition) is 4. The van der Waals surface area contributed by atoms with Crippen LogP contribution in [0.5, 0.6) is 5.75 Å². The Kier molecular flexibility index (Phi) is 4.89. The molecule has 7 heteroatoms. The van der Waals surface area contributed by atoms with E-state index < -0.39 is 5.91 Å². The lowest BCUT2D eigenvalue weighted by Gasteiger charge is -2.08. The number of nitrogens with zero attached hydrogens (tertiary/aromatic N) is 1. The Morgan fingerprint density at radius 1 is 1.24 bits per heavy atom. The van der Waals surface area contributed by atoms with Crippen LogP contribution in [0.2, 0.25) is 0 Å². The predicted octanol–water partition coefficient (Wildman–Crippen LogP) is 1.96. The molecule has 0 fully saturated rings. The highest BCUT2D eigenvalue weighted by atomic mass is 79.9. The van der Waals surface area contributed by atoms with Crippen LogP contribution in [0.15, 0.2) is 47.1 Å². The minimum Gasteiger partial charge on any atom is -0.484 e. The summed E-state index contributed by atoms with van der Waals surface area (Å²) in [4.78, 5) is 26.8. The van der Waals surface area contributed by atoms with Gasteiger partial charge in [-0.2, -0.15) is 0 Å². The average molecular weight is 350 g/mol. The molecule has 0 unspecified atom stereocenters. The highest BCUT2D eigenvalue weighted by molar-refractivity contribution is 9.10. The average Bonchev–Trinajstić information content (AvgIpc) is 2.45. The molecule has 0 spiro atoms. The normalized spacial score (nSPS) is 9.95. The molecule has 3 N–H and O–H groups in total. The lowest BCUT2D eigenvalue weighted by molar-refractivity contribution is -0.119. The van der Waals surface area contributed by atoms with E-state index in [0.29, 0.717) is 16.0 Å². The molecule has 21 heavy (non-hydrogen) atoms. The van der Waals surface area contributed by atoms with E-state index in [1.54, 1.807) is 42.5 Å². The molecule has 6 nitrogen and oxygen atoms in total. The summed E-state index contributed by atoms with van der Waals surface area (Å²) in [5.41, 5.74) is 5.82. The maximum Gasteiger partial charge on any atom is 0.274 e. The number of ether oxygens (including phenoxy) is 1. The summed E-state index contributed by atoms with van der Waals surface area (Å²) >= 11 is 3.21. The molecular formula is C14H12BrN3O3. The van der Waals surface area contributed by atoms with E-state index >= 15 is 0 Å². The molecule has 1 aromatic carbocycles. The van der Waals surface area contributed by atoms with E-state index in [1.807, 2.05) is 0 Å². The molecule has 2 rings (SSSR count). The maximum atomic E-state index is 12.0. The van der Waals surface area contributed by atoms with Crippen LogP contribution in [-0.4, -0.2) is 23.4 Å². The first-order valence-electron chi connectivity index (χ1n) is 5.99. The molecule has 0 saturated carbocycles. The first-order chi connectivity index (χ1) is 10.0. The molecule has 1 aromatic heterocycles. The summed E-state index contributed by atoms with van der Waals surface area (Å²) < 4.78 is 5.74. The molecule has 1 heterocycles. The van der Waals surface area contributed by atoms with Crippen molar-refractivity contribution in [3.8, 4) is 5.75 Å². The quantitative estimate of drug-likeness (QED) is 0.806. The second-order valence-corrected chi connectivity index (χ2v) is 4.89. The monoisotopic (exact) mass is 349 g/mol. The Balaban J connectivity index is 2.07. The molecule has 0 saturated heterocycles. The van der Waals surface area contributed by atoms with Crippen molar-refractivity contribution < 1.29 is 14.3 Å². The number of carbonyl (C=O) groups excluding carboxylic acids is 2. The van der Waals surface area contributed by atoms with Crippen molar-refractivity contribution in [2.75, 3.05) is 11.9 Å². The Bertz CT molecular complexity index is 676. The number of aromatic nitrogens is 1. The second-order valence-electron chi connectivity index (χ2n) is 4.08. The van der Waals surface area contributed by atoms with Crippen LogP contribution in [0.25, 0.3) is 0 Å². The van der Waals surface area contributed by atoms with Gasteiger partial charge < -0.3 is 15.8 Å². The van der Waals surface area contributed by atoms with Crippen molar-refractivity contribution in [2.24, 2.45) is 5.73 Å². The van der Waals surface area contributed by atoms with Gasteiger partial charge in [-0.25, -0.2) is 4.98 Å². The summed E-state index contributed by atoms with van der Waals surface area (Å²) in [5, 5.41) is 2.70. The molecule has 0 bridgehead atoms. The maximum absolute atomic E-state index is 12.0. The van der Waals surface area contributed by atoms with E-state index in [-0.39, 0.29) is 18.2 Å². The lowest BCUT2D eigenvalue weighted by Crippen LogP contribution is -2.20. The molecule has 0 radical (unpaired) electrons. The summed E-state index contributed by atoms with van der Waals surface area (Å²) in [7, 11) is 0. The van der Waals surface area contributed by atoms with Gasteiger partial charge in [0.25, 0.3) is 11.8 Å². The third-order valence-corrected chi connectivity index (χ3v) is 2.86. The number of amides is 2. The summed E-state index contributed by atoms with van der Waals surface area (Å²) in [5.74, 6) is -0.472. The van der Waals surface area contributed by atoms with E-state index in [4.69, 9.17) is 10.5 Å². The number of nitrogens with one attached hydrogen (secondary N) is 1. The zero-order valence-corrected chi connectivity index (χ0v) is 12.5. The molecule has 0 atom stereocenters. The Hall–Kier alpha value is -2.41. The standard InChI is InChI=1S/C14H12BrN3O3/c15-12-6-2-5-11(18-12)14(20)17-9-3-1-4-10(7-9)21-8-13(16)19/h1-7H,8H2,(H2,16,19)(H,17,20). The van der Waals surface area contributed by atoms with Crippen LogP contribution in [-0.2, 0) is 4.79 Å². The van der Waals surface area contributed by atoms with Crippen molar-refractivity contribution >= 4 is 33.4 Å². The fraction of sp³-hybridized carbons (Fsp3) is 0.0714. The number of carbonyl (C=O) groups is 2. The van der Waals surface area contributed by atoms with Crippen LogP contribution in [0.1, 0.15) is 10.5 Å². The van der Waals surface area contributed by atoms with Gasteiger partial charge in [0, 0.05) is 11.8 Å².